The van der Waals surface area contributed by atoms with Crippen molar-refractivity contribution >= 4 is 33.0 Å². The van der Waals surface area contributed by atoms with Gasteiger partial charge in [-0.25, -0.2) is 8.42 Å². The van der Waals surface area contributed by atoms with E-state index in [9.17, 15) is 13.2 Å². The number of aromatic nitrogens is 2. The van der Waals surface area contributed by atoms with Crippen LogP contribution >= 0.6 is 11.3 Å². The van der Waals surface area contributed by atoms with Gasteiger partial charge in [-0.1, -0.05) is 17.3 Å². The maximum atomic E-state index is 13.0. The van der Waals surface area contributed by atoms with E-state index in [-0.39, 0.29) is 12.5 Å². The second-order valence-corrected chi connectivity index (χ2v) is 10.7. The average Bonchev–Trinajstić information content (AvgIpc) is 3.37. The van der Waals surface area contributed by atoms with Gasteiger partial charge in [-0.15, -0.1) is 11.3 Å². The number of nitrogens with zero attached hydrogens (tertiary/aromatic N) is 3. The lowest BCUT2D eigenvalue weighted by Gasteiger charge is -2.30. The largest absolute Gasteiger partial charge is 0.339 e. The number of sulfonamides is 1. The van der Waals surface area contributed by atoms with Gasteiger partial charge in [-0.3, -0.25) is 4.79 Å². The molecule has 1 fully saturated rings. The molecule has 1 atom stereocenters. The SMILES string of the molecule is Cc1nc(-c2ccccc2NC(=O)C2CCCN(S(=O)(=O)c3ccc(C)s3)C2)no1. The zero-order valence-corrected chi connectivity index (χ0v) is 18.3. The number of thiophene rings is 1. The molecule has 8 nitrogen and oxygen atoms in total. The van der Waals surface area contributed by atoms with Gasteiger partial charge in [0, 0.05) is 30.5 Å². The average molecular weight is 447 g/mol. The van der Waals surface area contributed by atoms with Crippen molar-refractivity contribution in [2.45, 2.75) is 30.9 Å². The van der Waals surface area contributed by atoms with E-state index < -0.39 is 15.9 Å². The van der Waals surface area contributed by atoms with E-state index in [1.54, 1.807) is 31.2 Å². The lowest BCUT2D eigenvalue weighted by molar-refractivity contribution is -0.120. The molecule has 3 aromatic rings. The van der Waals surface area contributed by atoms with Crippen LogP contribution in [-0.4, -0.2) is 41.9 Å². The number of hydrogen-bond donors (Lipinski definition) is 1. The number of piperidine rings is 1. The fourth-order valence-corrected chi connectivity index (χ4v) is 6.44. The van der Waals surface area contributed by atoms with Crippen LogP contribution in [-0.2, 0) is 14.8 Å². The molecule has 30 heavy (non-hydrogen) atoms. The van der Waals surface area contributed by atoms with Crippen LogP contribution in [0.15, 0.2) is 45.1 Å². The Balaban J connectivity index is 1.51. The number of hydrogen-bond acceptors (Lipinski definition) is 7. The number of carbonyl (C=O) groups excluding carboxylic acids is 1. The van der Waals surface area contributed by atoms with E-state index in [0.717, 1.165) is 4.88 Å². The summed E-state index contributed by atoms with van der Waals surface area (Å²) in [7, 11) is -3.59. The zero-order chi connectivity index (χ0) is 21.3. The van der Waals surface area contributed by atoms with Crippen LogP contribution < -0.4 is 5.32 Å². The molecular weight excluding hydrogens is 424 g/mol. The van der Waals surface area contributed by atoms with Gasteiger partial charge in [0.2, 0.25) is 17.6 Å². The van der Waals surface area contributed by atoms with Gasteiger partial charge in [0.15, 0.2) is 0 Å². The van der Waals surface area contributed by atoms with E-state index in [2.05, 4.69) is 15.5 Å². The van der Waals surface area contributed by atoms with Gasteiger partial charge in [0.05, 0.1) is 11.6 Å². The highest BCUT2D eigenvalue weighted by Gasteiger charge is 2.34. The predicted octanol–water partition coefficient (Wildman–Crippen LogP) is 3.45. The number of benzene rings is 1. The predicted molar refractivity (Wildman–Crippen MR) is 114 cm³/mol. The summed E-state index contributed by atoms with van der Waals surface area (Å²) >= 11 is 1.25. The number of nitrogens with one attached hydrogen (secondary N) is 1. The fraction of sp³-hybridized carbons (Fsp3) is 0.350. The van der Waals surface area contributed by atoms with Gasteiger partial charge >= 0.3 is 0 Å². The molecule has 158 valence electrons. The van der Waals surface area contributed by atoms with Crippen LogP contribution in [0.2, 0.25) is 0 Å². The van der Waals surface area contributed by atoms with Crippen molar-refractivity contribution in [3.8, 4) is 11.4 Å². The van der Waals surface area contributed by atoms with Crippen molar-refractivity contribution in [1.82, 2.24) is 14.4 Å². The molecule has 3 heterocycles. The lowest BCUT2D eigenvalue weighted by Crippen LogP contribution is -2.43. The first kappa shape index (κ1) is 20.7. The molecule has 10 heteroatoms. The van der Waals surface area contributed by atoms with Crippen molar-refractivity contribution in [1.29, 1.82) is 0 Å². The Labute approximate surface area is 179 Å². The molecule has 1 amide bonds. The van der Waals surface area contributed by atoms with E-state index in [1.165, 1.54) is 15.6 Å². The number of aryl methyl sites for hydroxylation is 2. The number of rotatable bonds is 5. The third-order valence-corrected chi connectivity index (χ3v) is 8.35. The molecule has 1 aliphatic heterocycles. The third kappa shape index (κ3) is 4.16. The summed E-state index contributed by atoms with van der Waals surface area (Å²) < 4.78 is 32.7. The Morgan fingerprint density at radius 2 is 2.03 bits per heavy atom. The second kappa shape index (κ2) is 8.29. The summed E-state index contributed by atoms with van der Waals surface area (Å²) in [6.07, 6.45) is 1.26. The minimum absolute atomic E-state index is 0.161. The van der Waals surface area contributed by atoms with Gasteiger partial charge in [0.25, 0.3) is 10.0 Å². The summed E-state index contributed by atoms with van der Waals surface area (Å²) in [6, 6.07) is 10.6. The summed E-state index contributed by atoms with van der Waals surface area (Å²) in [6.45, 7) is 4.15. The molecule has 1 saturated heterocycles. The first-order valence-corrected chi connectivity index (χ1v) is 11.9. The number of amides is 1. The molecular formula is C20H22N4O4S2. The van der Waals surface area contributed by atoms with Crippen molar-refractivity contribution in [2.24, 2.45) is 5.92 Å². The van der Waals surface area contributed by atoms with E-state index in [1.807, 2.05) is 19.1 Å². The van der Waals surface area contributed by atoms with E-state index in [0.29, 0.717) is 46.6 Å². The smallest absolute Gasteiger partial charge is 0.252 e. The van der Waals surface area contributed by atoms with Gasteiger partial charge in [0.1, 0.15) is 4.21 Å². The van der Waals surface area contributed by atoms with Crippen LogP contribution in [0.3, 0.4) is 0 Å². The molecule has 1 aliphatic rings. The number of para-hydroxylation sites is 1. The summed E-state index contributed by atoms with van der Waals surface area (Å²) in [5, 5.41) is 6.85. The highest BCUT2D eigenvalue weighted by atomic mass is 32.2. The molecule has 1 unspecified atom stereocenters. The van der Waals surface area contributed by atoms with Gasteiger partial charge < -0.3 is 9.84 Å². The number of carbonyl (C=O) groups is 1. The minimum atomic E-state index is -3.59. The standard InChI is InChI=1S/C20H22N4O4S2/c1-13-9-10-18(29-13)30(26,27)24-11-5-6-15(12-24)20(25)22-17-8-4-3-7-16(17)19-21-14(2)28-23-19/h3-4,7-10,15H,5-6,11-12H2,1-2H3,(H,22,25). The maximum Gasteiger partial charge on any atom is 0.252 e. The summed E-state index contributed by atoms with van der Waals surface area (Å²) in [4.78, 5) is 18.1. The summed E-state index contributed by atoms with van der Waals surface area (Å²) in [5.74, 6) is 0.173. The van der Waals surface area contributed by atoms with Crippen LogP contribution in [0.4, 0.5) is 5.69 Å². The Morgan fingerprint density at radius 3 is 2.73 bits per heavy atom. The third-order valence-electron chi connectivity index (χ3n) is 5.02. The monoisotopic (exact) mass is 446 g/mol. The highest BCUT2D eigenvalue weighted by molar-refractivity contribution is 7.91. The topological polar surface area (TPSA) is 105 Å². The Morgan fingerprint density at radius 1 is 1.23 bits per heavy atom. The van der Waals surface area contributed by atoms with Crippen LogP contribution in [0, 0.1) is 19.8 Å². The Bertz CT molecular complexity index is 1170. The second-order valence-electron chi connectivity index (χ2n) is 7.24. The first-order chi connectivity index (χ1) is 14.3. The normalized spacial score (nSPS) is 17.7. The Hall–Kier alpha value is -2.56. The van der Waals surface area contributed by atoms with Crippen molar-refractivity contribution in [3.63, 3.8) is 0 Å². The molecule has 1 N–H and O–H groups in total. The first-order valence-electron chi connectivity index (χ1n) is 9.62. The van der Waals surface area contributed by atoms with Gasteiger partial charge in [-0.05, 0) is 44.0 Å². The molecule has 4 rings (SSSR count). The van der Waals surface area contributed by atoms with Crippen LogP contribution in [0.1, 0.15) is 23.6 Å². The Kier molecular flexibility index (Phi) is 5.72. The number of anilines is 1. The van der Waals surface area contributed by atoms with E-state index >= 15 is 0 Å². The molecule has 0 bridgehead atoms. The molecule has 0 radical (unpaired) electrons. The summed E-state index contributed by atoms with van der Waals surface area (Å²) in [5.41, 5.74) is 1.22. The minimum Gasteiger partial charge on any atom is -0.339 e. The molecule has 2 aromatic heterocycles. The maximum absolute atomic E-state index is 13.0. The van der Waals surface area contributed by atoms with Crippen LogP contribution in [0.5, 0.6) is 0 Å². The quantitative estimate of drug-likeness (QED) is 0.643. The lowest BCUT2D eigenvalue weighted by atomic mass is 9.98. The highest BCUT2D eigenvalue weighted by Crippen LogP contribution is 2.30. The van der Waals surface area contributed by atoms with E-state index in [4.69, 9.17) is 4.52 Å². The molecule has 1 aromatic carbocycles. The zero-order valence-electron chi connectivity index (χ0n) is 16.7. The molecule has 0 aliphatic carbocycles. The molecule has 0 saturated carbocycles. The fourth-order valence-electron chi connectivity index (χ4n) is 3.48. The van der Waals surface area contributed by atoms with Crippen molar-refractivity contribution < 1.29 is 17.7 Å². The van der Waals surface area contributed by atoms with Crippen molar-refractivity contribution in [3.05, 3.63) is 47.2 Å². The van der Waals surface area contributed by atoms with Gasteiger partial charge in [-0.2, -0.15) is 9.29 Å². The molecule has 0 spiro atoms. The van der Waals surface area contributed by atoms with Crippen LogP contribution in [0.25, 0.3) is 11.4 Å². The van der Waals surface area contributed by atoms with Crippen molar-refractivity contribution in [2.75, 3.05) is 18.4 Å².